The fourth-order valence-electron chi connectivity index (χ4n) is 3.67. The Morgan fingerprint density at radius 3 is 2.73 bits per heavy atom. The Kier molecular flexibility index (Phi) is 3.94. The van der Waals surface area contributed by atoms with Crippen molar-refractivity contribution in [3.63, 3.8) is 0 Å². The zero-order valence-corrected chi connectivity index (χ0v) is 13.0. The van der Waals surface area contributed by atoms with Crippen molar-refractivity contribution in [2.24, 2.45) is 11.3 Å². The van der Waals surface area contributed by atoms with Gasteiger partial charge >= 0.3 is 5.97 Å². The molecule has 0 spiro atoms. The molecule has 1 fully saturated rings. The van der Waals surface area contributed by atoms with Gasteiger partial charge < -0.3 is 10.0 Å². The number of likely N-dealkylation sites (tertiary alicyclic amines) is 1. The molecule has 1 N–H and O–H groups in total. The van der Waals surface area contributed by atoms with Crippen LogP contribution in [0.3, 0.4) is 0 Å². The van der Waals surface area contributed by atoms with E-state index < -0.39 is 11.4 Å². The summed E-state index contributed by atoms with van der Waals surface area (Å²) in [5, 5.41) is 9.26. The Hall–Kier alpha value is -1.84. The summed E-state index contributed by atoms with van der Waals surface area (Å²) in [6.07, 6.45) is 4.16. The summed E-state index contributed by atoms with van der Waals surface area (Å²) in [4.78, 5) is 25.5. The maximum absolute atomic E-state index is 12.5. The largest absolute Gasteiger partial charge is 0.481 e. The van der Waals surface area contributed by atoms with E-state index in [1.807, 2.05) is 0 Å². The van der Waals surface area contributed by atoms with Crippen LogP contribution in [-0.4, -0.2) is 35.0 Å². The van der Waals surface area contributed by atoms with Gasteiger partial charge in [-0.2, -0.15) is 0 Å². The molecular formula is C18H23NO3. The van der Waals surface area contributed by atoms with Gasteiger partial charge in [0.15, 0.2) is 0 Å². The van der Waals surface area contributed by atoms with Crippen molar-refractivity contribution in [3.05, 3.63) is 35.4 Å². The molecule has 4 heteroatoms. The van der Waals surface area contributed by atoms with Gasteiger partial charge in [0, 0.05) is 19.5 Å². The van der Waals surface area contributed by atoms with Gasteiger partial charge in [0.05, 0.1) is 5.41 Å². The van der Waals surface area contributed by atoms with E-state index in [-0.39, 0.29) is 5.91 Å². The van der Waals surface area contributed by atoms with E-state index in [1.54, 1.807) is 11.8 Å². The lowest BCUT2D eigenvalue weighted by atomic mass is 9.82. The van der Waals surface area contributed by atoms with E-state index in [4.69, 9.17) is 0 Å². The van der Waals surface area contributed by atoms with E-state index in [9.17, 15) is 14.7 Å². The third-order valence-electron chi connectivity index (χ3n) is 5.25. The van der Waals surface area contributed by atoms with Crippen LogP contribution in [0.5, 0.6) is 0 Å². The third-order valence-corrected chi connectivity index (χ3v) is 5.25. The van der Waals surface area contributed by atoms with E-state index >= 15 is 0 Å². The zero-order valence-electron chi connectivity index (χ0n) is 13.0. The van der Waals surface area contributed by atoms with Crippen LogP contribution in [0.25, 0.3) is 0 Å². The van der Waals surface area contributed by atoms with Crippen molar-refractivity contribution >= 4 is 11.9 Å². The van der Waals surface area contributed by atoms with Crippen LogP contribution in [0.15, 0.2) is 24.3 Å². The third kappa shape index (κ3) is 2.87. The summed E-state index contributed by atoms with van der Waals surface area (Å²) in [7, 11) is 0. The zero-order chi connectivity index (χ0) is 15.7. The quantitative estimate of drug-likeness (QED) is 0.933. The number of benzene rings is 1. The molecule has 1 aliphatic heterocycles. The van der Waals surface area contributed by atoms with E-state index in [2.05, 4.69) is 24.3 Å². The predicted molar refractivity (Wildman–Crippen MR) is 83.5 cm³/mol. The average molecular weight is 301 g/mol. The molecule has 1 heterocycles. The maximum Gasteiger partial charge on any atom is 0.311 e. The Balaban J connectivity index is 1.59. The molecule has 3 rings (SSSR count). The lowest BCUT2D eigenvalue weighted by Crippen LogP contribution is -2.36. The second kappa shape index (κ2) is 5.75. The first-order valence-electron chi connectivity index (χ1n) is 8.06. The van der Waals surface area contributed by atoms with Gasteiger partial charge in [0.2, 0.25) is 5.91 Å². The summed E-state index contributed by atoms with van der Waals surface area (Å²) in [5.41, 5.74) is 2.00. The fourth-order valence-corrected chi connectivity index (χ4v) is 3.67. The van der Waals surface area contributed by atoms with Crippen LogP contribution in [0.1, 0.15) is 37.3 Å². The highest BCUT2D eigenvalue weighted by molar-refractivity contribution is 5.80. The highest BCUT2D eigenvalue weighted by Crippen LogP contribution is 2.32. The molecule has 0 aromatic heterocycles. The standard InChI is InChI=1S/C18H23NO3/c1-18(17(21)22)8-9-19(12-18)16(20)11-13-6-7-14-4-2-3-5-15(14)10-13/h2-5,13H,6-12H2,1H3,(H,21,22). The summed E-state index contributed by atoms with van der Waals surface area (Å²) in [6.45, 7) is 2.66. The van der Waals surface area contributed by atoms with Crippen molar-refractivity contribution in [3.8, 4) is 0 Å². The molecule has 2 unspecified atom stereocenters. The van der Waals surface area contributed by atoms with Gasteiger partial charge in [-0.15, -0.1) is 0 Å². The summed E-state index contributed by atoms with van der Waals surface area (Å²) in [6, 6.07) is 8.46. The normalized spacial score (nSPS) is 27.5. The number of carbonyl (C=O) groups is 2. The van der Waals surface area contributed by atoms with Crippen molar-refractivity contribution < 1.29 is 14.7 Å². The van der Waals surface area contributed by atoms with Crippen molar-refractivity contribution in [1.82, 2.24) is 4.90 Å². The summed E-state index contributed by atoms with van der Waals surface area (Å²) in [5.74, 6) is -0.289. The topological polar surface area (TPSA) is 57.6 Å². The number of aliphatic carboxylic acids is 1. The SMILES string of the molecule is CC1(C(=O)O)CCN(C(=O)CC2CCc3ccccc3C2)C1. The average Bonchev–Trinajstić information content (AvgIpc) is 2.91. The molecule has 22 heavy (non-hydrogen) atoms. The number of rotatable bonds is 3. The predicted octanol–water partition coefficient (Wildman–Crippen LogP) is 2.50. The first-order valence-corrected chi connectivity index (χ1v) is 8.06. The molecule has 1 saturated heterocycles. The molecule has 1 aromatic carbocycles. The molecule has 1 aromatic rings. The van der Waals surface area contributed by atoms with Crippen LogP contribution >= 0.6 is 0 Å². The lowest BCUT2D eigenvalue weighted by Gasteiger charge is -2.26. The number of carboxylic acid groups (broad SMARTS) is 1. The summed E-state index contributed by atoms with van der Waals surface area (Å²) < 4.78 is 0. The number of fused-ring (bicyclic) bond motifs is 1. The molecule has 1 amide bonds. The number of carboxylic acids is 1. The monoisotopic (exact) mass is 301 g/mol. The molecule has 2 atom stereocenters. The van der Waals surface area contributed by atoms with Crippen molar-refractivity contribution in [2.45, 2.75) is 39.0 Å². The van der Waals surface area contributed by atoms with Crippen LogP contribution in [0.4, 0.5) is 0 Å². The Morgan fingerprint density at radius 2 is 2.05 bits per heavy atom. The second-order valence-electron chi connectivity index (χ2n) is 7.01. The van der Waals surface area contributed by atoms with Crippen LogP contribution in [0, 0.1) is 11.3 Å². The van der Waals surface area contributed by atoms with E-state index in [0.29, 0.717) is 31.8 Å². The molecule has 1 aliphatic carbocycles. The van der Waals surface area contributed by atoms with Crippen molar-refractivity contribution in [1.29, 1.82) is 0 Å². The van der Waals surface area contributed by atoms with Gasteiger partial charge in [-0.3, -0.25) is 9.59 Å². The Bertz CT molecular complexity index is 598. The van der Waals surface area contributed by atoms with Gasteiger partial charge in [0.1, 0.15) is 0 Å². The highest BCUT2D eigenvalue weighted by atomic mass is 16.4. The Morgan fingerprint density at radius 1 is 1.32 bits per heavy atom. The number of amides is 1. The Labute approximate surface area is 131 Å². The number of hydrogen-bond acceptors (Lipinski definition) is 2. The molecule has 4 nitrogen and oxygen atoms in total. The first-order chi connectivity index (χ1) is 10.5. The van der Waals surface area contributed by atoms with Crippen LogP contribution in [0.2, 0.25) is 0 Å². The van der Waals surface area contributed by atoms with E-state index in [1.165, 1.54) is 11.1 Å². The molecule has 0 saturated carbocycles. The molecule has 0 radical (unpaired) electrons. The number of carbonyl (C=O) groups excluding carboxylic acids is 1. The van der Waals surface area contributed by atoms with Gasteiger partial charge in [-0.1, -0.05) is 24.3 Å². The second-order valence-corrected chi connectivity index (χ2v) is 7.01. The van der Waals surface area contributed by atoms with E-state index in [0.717, 1.165) is 19.3 Å². The number of hydrogen-bond donors (Lipinski definition) is 1. The number of nitrogens with zero attached hydrogens (tertiary/aromatic N) is 1. The maximum atomic E-state index is 12.5. The van der Waals surface area contributed by atoms with Gasteiger partial charge in [-0.05, 0) is 49.7 Å². The first kappa shape index (κ1) is 15.1. The van der Waals surface area contributed by atoms with Crippen molar-refractivity contribution in [2.75, 3.05) is 13.1 Å². The molecule has 2 aliphatic rings. The number of aryl methyl sites for hydroxylation is 1. The van der Waals surface area contributed by atoms with Crippen LogP contribution in [-0.2, 0) is 22.4 Å². The lowest BCUT2D eigenvalue weighted by molar-refractivity contribution is -0.147. The minimum atomic E-state index is -0.797. The molecular weight excluding hydrogens is 278 g/mol. The van der Waals surface area contributed by atoms with Gasteiger partial charge in [-0.25, -0.2) is 0 Å². The summed E-state index contributed by atoms with van der Waals surface area (Å²) >= 11 is 0. The fraction of sp³-hybridized carbons (Fsp3) is 0.556. The molecule has 0 bridgehead atoms. The highest BCUT2D eigenvalue weighted by Gasteiger charge is 2.42. The van der Waals surface area contributed by atoms with Gasteiger partial charge in [0.25, 0.3) is 0 Å². The smallest absolute Gasteiger partial charge is 0.311 e. The molecule has 118 valence electrons. The minimum Gasteiger partial charge on any atom is -0.481 e. The van der Waals surface area contributed by atoms with Crippen LogP contribution < -0.4 is 0 Å². The minimum absolute atomic E-state index is 0.120.